The van der Waals surface area contributed by atoms with Crippen molar-refractivity contribution in [2.75, 3.05) is 13.1 Å². The van der Waals surface area contributed by atoms with Gasteiger partial charge in [0.1, 0.15) is 0 Å². The fourth-order valence-electron chi connectivity index (χ4n) is 4.00. The van der Waals surface area contributed by atoms with Crippen molar-refractivity contribution in [2.45, 2.75) is 91.3 Å². The molecule has 1 aliphatic heterocycles. The Morgan fingerprint density at radius 3 is 2.23 bits per heavy atom. The quantitative estimate of drug-likeness (QED) is 0.422. The van der Waals surface area contributed by atoms with Gasteiger partial charge in [-0.1, -0.05) is 27.7 Å². The van der Waals surface area contributed by atoms with Gasteiger partial charge in [0.15, 0.2) is 11.6 Å². The number of rotatable bonds is 12. The minimum atomic E-state index is -1.07. The molecule has 1 aliphatic rings. The summed E-state index contributed by atoms with van der Waals surface area (Å²) in [6, 6.07) is -1.31. The Bertz CT molecular complexity index is 633. The third-order valence-electron chi connectivity index (χ3n) is 5.80. The summed E-state index contributed by atoms with van der Waals surface area (Å²) in [7, 11) is 0. The number of nitrogens with one attached hydrogen (secondary N) is 1. The lowest BCUT2D eigenvalue weighted by Crippen LogP contribution is -2.51. The van der Waals surface area contributed by atoms with Gasteiger partial charge >= 0.3 is 0 Å². The van der Waals surface area contributed by atoms with Crippen molar-refractivity contribution in [3.05, 3.63) is 0 Å². The lowest BCUT2D eigenvalue weighted by molar-refractivity contribution is -0.144. The molecule has 0 saturated carbocycles. The maximum Gasteiger partial charge on any atom is 0.226 e. The minimum Gasteiger partial charge on any atom is -0.393 e. The molecule has 4 atom stereocenters. The van der Waals surface area contributed by atoms with Crippen LogP contribution in [0.4, 0.5) is 0 Å². The number of amides is 2. The Hall–Kier alpha value is -1.80. The highest BCUT2D eigenvalue weighted by Gasteiger charge is 2.36. The zero-order valence-electron chi connectivity index (χ0n) is 19.7. The van der Waals surface area contributed by atoms with Crippen LogP contribution in [0, 0.1) is 17.8 Å². The highest BCUT2D eigenvalue weighted by atomic mass is 16.3. The highest BCUT2D eigenvalue weighted by Crippen LogP contribution is 2.23. The standard InChI is InChI=1S/C23H41N3O5/c1-14(2)12-21(29)26-11-7-6-8-19(26)20(28)13-17(16(5)27)23(31)25-18(9-10-24)22(30)15(3)4/h14-19,27H,6-13,24H2,1-5H3,(H,25,31)/t16-,17-,18-,19-/m0/s1. The summed E-state index contributed by atoms with van der Waals surface area (Å²) < 4.78 is 0. The zero-order chi connectivity index (χ0) is 23.7. The molecule has 0 aromatic rings. The predicted octanol–water partition coefficient (Wildman–Crippen LogP) is 1.43. The number of piperidine rings is 1. The lowest BCUT2D eigenvalue weighted by Gasteiger charge is -2.36. The smallest absolute Gasteiger partial charge is 0.226 e. The number of likely N-dealkylation sites (tertiary alicyclic amines) is 1. The normalized spacial score (nSPS) is 19.8. The number of hydrogen-bond acceptors (Lipinski definition) is 6. The van der Waals surface area contributed by atoms with Crippen LogP contribution in [0.3, 0.4) is 0 Å². The van der Waals surface area contributed by atoms with E-state index in [1.54, 1.807) is 18.7 Å². The average Bonchev–Trinajstić information content (AvgIpc) is 2.69. The highest BCUT2D eigenvalue weighted by molar-refractivity contribution is 5.95. The predicted molar refractivity (Wildman–Crippen MR) is 119 cm³/mol. The van der Waals surface area contributed by atoms with Crippen molar-refractivity contribution >= 4 is 23.4 Å². The van der Waals surface area contributed by atoms with Crippen LogP contribution in [0.1, 0.15) is 73.1 Å². The van der Waals surface area contributed by atoms with E-state index in [0.29, 0.717) is 25.8 Å². The Morgan fingerprint density at radius 1 is 1.06 bits per heavy atom. The van der Waals surface area contributed by atoms with E-state index in [9.17, 15) is 24.3 Å². The van der Waals surface area contributed by atoms with E-state index in [2.05, 4.69) is 5.32 Å². The number of carbonyl (C=O) groups excluding carboxylic acids is 4. The van der Waals surface area contributed by atoms with Gasteiger partial charge in [-0.2, -0.15) is 0 Å². The van der Waals surface area contributed by atoms with Gasteiger partial charge in [-0.3, -0.25) is 19.2 Å². The first-order chi connectivity index (χ1) is 14.5. The Kier molecular flexibility index (Phi) is 11.3. The monoisotopic (exact) mass is 439 g/mol. The number of Topliss-reactive ketones (excluding diaryl/α,β-unsaturated/α-hetero) is 2. The second-order valence-electron chi connectivity index (χ2n) is 9.41. The van der Waals surface area contributed by atoms with Crippen molar-refractivity contribution in [3.8, 4) is 0 Å². The van der Waals surface area contributed by atoms with Crippen molar-refractivity contribution in [1.82, 2.24) is 10.2 Å². The molecule has 0 radical (unpaired) electrons. The first-order valence-corrected chi connectivity index (χ1v) is 11.5. The number of nitrogens with two attached hydrogens (primary N) is 1. The molecule has 4 N–H and O–H groups in total. The molecule has 8 nitrogen and oxygen atoms in total. The van der Waals surface area contributed by atoms with E-state index in [0.717, 1.165) is 12.8 Å². The molecule has 0 aliphatic carbocycles. The van der Waals surface area contributed by atoms with Gasteiger partial charge in [0, 0.05) is 25.3 Å². The van der Waals surface area contributed by atoms with Crippen LogP contribution in [0.2, 0.25) is 0 Å². The molecule has 178 valence electrons. The Morgan fingerprint density at radius 2 is 1.71 bits per heavy atom. The van der Waals surface area contributed by atoms with Gasteiger partial charge in [0.25, 0.3) is 0 Å². The van der Waals surface area contributed by atoms with E-state index in [1.165, 1.54) is 6.92 Å². The molecule has 0 bridgehead atoms. The molecule has 1 rings (SSSR count). The molecule has 2 amide bonds. The SMILES string of the molecule is CC(C)CC(=O)N1CCCC[C@H]1C(=O)C[C@H](C(=O)N[C@@H](CCN)C(=O)C(C)C)[C@H](C)O. The summed E-state index contributed by atoms with van der Waals surface area (Å²) in [5.41, 5.74) is 5.59. The molecular formula is C23H41N3O5. The molecule has 0 unspecified atom stereocenters. The van der Waals surface area contributed by atoms with Crippen LogP contribution < -0.4 is 11.1 Å². The number of aliphatic hydroxyl groups excluding tert-OH is 1. The minimum absolute atomic E-state index is 0.0448. The van der Waals surface area contributed by atoms with Crippen LogP contribution in [0.15, 0.2) is 0 Å². The molecule has 0 aromatic heterocycles. The summed E-state index contributed by atoms with van der Waals surface area (Å²) in [5.74, 6) is -2.00. The largest absolute Gasteiger partial charge is 0.393 e. The fourth-order valence-corrected chi connectivity index (χ4v) is 4.00. The second-order valence-corrected chi connectivity index (χ2v) is 9.41. The number of ketones is 2. The van der Waals surface area contributed by atoms with Crippen LogP contribution in [-0.2, 0) is 19.2 Å². The van der Waals surface area contributed by atoms with Gasteiger partial charge in [-0.25, -0.2) is 0 Å². The van der Waals surface area contributed by atoms with Crippen LogP contribution in [-0.4, -0.2) is 64.7 Å². The number of aliphatic hydroxyl groups is 1. The Balaban J connectivity index is 2.92. The topological polar surface area (TPSA) is 130 Å². The van der Waals surface area contributed by atoms with E-state index >= 15 is 0 Å². The molecular weight excluding hydrogens is 398 g/mol. The number of nitrogens with zero attached hydrogens (tertiary/aromatic N) is 1. The van der Waals surface area contributed by atoms with Gasteiger partial charge < -0.3 is 21.1 Å². The van der Waals surface area contributed by atoms with Crippen molar-refractivity contribution in [2.24, 2.45) is 23.5 Å². The van der Waals surface area contributed by atoms with Crippen molar-refractivity contribution in [1.29, 1.82) is 0 Å². The summed E-state index contributed by atoms with van der Waals surface area (Å²) in [6.45, 7) is 9.65. The van der Waals surface area contributed by atoms with Gasteiger partial charge in [-0.05, 0) is 45.1 Å². The third kappa shape index (κ3) is 8.33. The van der Waals surface area contributed by atoms with Crippen LogP contribution in [0.25, 0.3) is 0 Å². The van der Waals surface area contributed by atoms with E-state index < -0.39 is 30.0 Å². The number of carbonyl (C=O) groups is 4. The lowest BCUT2D eigenvalue weighted by atomic mass is 9.88. The fraction of sp³-hybridized carbons (Fsp3) is 0.826. The maximum absolute atomic E-state index is 13.1. The Labute approximate surface area is 186 Å². The summed E-state index contributed by atoms with van der Waals surface area (Å²) in [6.07, 6.45) is 1.69. The van der Waals surface area contributed by atoms with Crippen LogP contribution >= 0.6 is 0 Å². The third-order valence-corrected chi connectivity index (χ3v) is 5.80. The first kappa shape index (κ1) is 27.2. The van der Waals surface area contributed by atoms with Crippen LogP contribution in [0.5, 0.6) is 0 Å². The first-order valence-electron chi connectivity index (χ1n) is 11.5. The molecule has 1 saturated heterocycles. The maximum atomic E-state index is 13.1. The number of hydrogen-bond donors (Lipinski definition) is 3. The summed E-state index contributed by atoms with van der Waals surface area (Å²) >= 11 is 0. The average molecular weight is 440 g/mol. The van der Waals surface area contributed by atoms with Gasteiger partial charge in [0.05, 0.1) is 24.1 Å². The molecule has 1 heterocycles. The molecule has 0 spiro atoms. The van der Waals surface area contributed by atoms with E-state index in [4.69, 9.17) is 5.73 Å². The van der Waals surface area contributed by atoms with E-state index in [-0.39, 0.29) is 42.3 Å². The van der Waals surface area contributed by atoms with Crippen molar-refractivity contribution < 1.29 is 24.3 Å². The van der Waals surface area contributed by atoms with Gasteiger partial charge in [0.2, 0.25) is 11.8 Å². The van der Waals surface area contributed by atoms with Gasteiger partial charge in [-0.15, -0.1) is 0 Å². The molecule has 0 aromatic carbocycles. The molecule has 1 fully saturated rings. The molecule has 8 heteroatoms. The van der Waals surface area contributed by atoms with Crippen molar-refractivity contribution in [3.63, 3.8) is 0 Å². The molecule has 31 heavy (non-hydrogen) atoms. The zero-order valence-corrected chi connectivity index (χ0v) is 19.7. The van der Waals surface area contributed by atoms with E-state index in [1.807, 2.05) is 13.8 Å². The second kappa shape index (κ2) is 12.9. The summed E-state index contributed by atoms with van der Waals surface area (Å²) in [4.78, 5) is 52.6. The summed E-state index contributed by atoms with van der Waals surface area (Å²) in [5, 5.41) is 12.9.